The van der Waals surface area contributed by atoms with E-state index in [1.807, 2.05) is 12.1 Å². The Labute approximate surface area is 115 Å². The van der Waals surface area contributed by atoms with Gasteiger partial charge in [-0.1, -0.05) is 24.3 Å². The van der Waals surface area contributed by atoms with E-state index in [9.17, 15) is 14.7 Å². The van der Waals surface area contributed by atoms with Gasteiger partial charge in [-0.25, -0.2) is 4.79 Å². The first-order valence-corrected chi connectivity index (χ1v) is 6.06. The third-order valence-electron chi connectivity index (χ3n) is 2.92. The van der Waals surface area contributed by atoms with E-state index in [4.69, 9.17) is 5.11 Å². The Morgan fingerprint density at radius 3 is 2.60 bits per heavy atom. The number of rotatable bonds is 4. The Morgan fingerprint density at radius 2 is 1.95 bits per heavy atom. The minimum Gasteiger partial charge on any atom is -0.480 e. The molecule has 0 radical (unpaired) electrons. The lowest BCUT2D eigenvalue weighted by atomic mass is 10.1. The first-order valence-electron chi connectivity index (χ1n) is 6.06. The summed E-state index contributed by atoms with van der Waals surface area (Å²) in [6, 6.07) is 7.55. The molecule has 6 nitrogen and oxygen atoms in total. The number of aliphatic carboxylic acids is 1. The van der Waals surface area contributed by atoms with Gasteiger partial charge in [0.1, 0.15) is 5.69 Å². The molecule has 2 atom stereocenters. The Morgan fingerprint density at radius 1 is 1.25 bits per heavy atom. The molecule has 2 rings (SSSR count). The quantitative estimate of drug-likeness (QED) is 0.765. The number of carboxylic acid groups (broad SMARTS) is 1. The number of carboxylic acids is 1. The number of nitrogens with zero attached hydrogens (tertiary/aromatic N) is 1. The predicted octanol–water partition coefficient (Wildman–Crippen LogP) is 0.799. The molecule has 0 aliphatic carbocycles. The van der Waals surface area contributed by atoms with Crippen molar-refractivity contribution >= 4 is 22.6 Å². The summed E-state index contributed by atoms with van der Waals surface area (Å²) in [6.45, 7) is 1.30. The van der Waals surface area contributed by atoms with Crippen molar-refractivity contribution in [3.63, 3.8) is 0 Å². The highest BCUT2D eigenvalue weighted by molar-refractivity contribution is 6.06. The predicted molar refractivity (Wildman–Crippen MR) is 72.3 cm³/mol. The summed E-state index contributed by atoms with van der Waals surface area (Å²) < 4.78 is 0. The van der Waals surface area contributed by atoms with Gasteiger partial charge < -0.3 is 15.5 Å². The minimum atomic E-state index is -1.37. The van der Waals surface area contributed by atoms with Crippen molar-refractivity contribution in [3.05, 3.63) is 42.2 Å². The molecule has 0 saturated carbocycles. The summed E-state index contributed by atoms with van der Waals surface area (Å²) in [7, 11) is 0. The zero-order valence-electron chi connectivity index (χ0n) is 10.8. The fourth-order valence-electron chi connectivity index (χ4n) is 1.90. The van der Waals surface area contributed by atoms with Gasteiger partial charge in [-0.05, 0) is 18.4 Å². The van der Waals surface area contributed by atoms with Gasteiger partial charge in [-0.3, -0.25) is 9.78 Å². The third kappa shape index (κ3) is 2.75. The highest BCUT2D eigenvalue weighted by atomic mass is 16.4. The summed E-state index contributed by atoms with van der Waals surface area (Å²) in [5.41, 5.74) is 0.134. The zero-order chi connectivity index (χ0) is 14.7. The van der Waals surface area contributed by atoms with Crippen LogP contribution in [0.1, 0.15) is 17.4 Å². The number of benzene rings is 1. The Hall–Kier alpha value is -2.47. The smallest absolute Gasteiger partial charge is 0.328 e. The molecule has 1 aromatic carbocycles. The number of aromatic nitrogens is 1. The first-order chi connectivity index (χ1) is 9.50. The lowest BCUT2D eigenvalue weighted by Gasteiger charge is -2.17. The molecule has 2 aromatic rings. The second-order valence-electron chi connectivity index (χ2n) is 4.41. The summed E-state index contributed by atoms with van der Waals surface area (Å²) in [5.74, 6) is -1.93. The van der Waals surface area contributed by atoms with E-state index in [0.717, 1.165) is 5.39 Å². The first kappa shape index (κ1) is 14.0. The number of carbonyl (C=O) groups is 2. The molecule has 0 fully saturated rings. The van der Waals surface area contributed by atoms with Gasteiger partial charge >= 0.3 is 5.97 Å². The van der Waals surface area contributed by atoms with E-state index in [-0.39, 0.29) is 5.69 Å². The molecular formula is C14H14N2O4. The number of aliphatic hydroxyl groups is 1. The molecule has 104 valence electrons. The molecular weight excluding hydrogens is 260 g/mol. The van der Waals surface area contributed by atoms with Crippen LogP contribution in [0.15, 0.2) is 36.5 Å². The van der Waals surface area contributed by atoms with Crippen LogP contribution in [0, 0.1) is 0 Å². The Bertz CT molecular complexity index is 649. The number of pyridine rings is 1. The van der Waals surface area contributed by atoms with Crippen molar-refractivity contribution in [2.75, 3.05) is 0 Å². The van der Waals surface area contributed by atoms with Gasteiger partial charge in [0.25, 0.3) is 5.91 Å². The molecule has 6 heteroatoms. The van der Waals surface area contributed by atoms with Crippen molar-refractivity contribution in [3.8, 4) is 0 Å². The van der Waals surface area contributed by atoms with Gasteiger partial charge in [0.05, 0.1) is 6.10 Å². The largest absolute Gasteiger partial charge is 0.480 e. The molecule has 0 bridgehead atoms. The van der Waals surface area contributed by atoms with Crippen LogP contribution in [0.4, 0.5) is 0 Å². The monoisotopic (exact) mass is 274 g/mol. The highest BCUT2D eigenvalue weighted by Gasteiger charge is 2.26. The standard InChI is InChI=1S/C14H14N2O4/c1-8(17)11(14(19)20)16-13(18)12-10-5-3-2-4-9(10)6-7-15-12/h2-8,11,17H,1H3,(H,16,18)(H,19,20). The molecule has 3 N–H and O–H groups in total. The summed E-state index contributed by atoms with van der Waals surface area (Å²) in [4.78, 5) is 27.1. The maximum absolute atomic E-state index is 12.1. The highest BCUT2D eigenvalue weighted by Crippen LogP contribution is 2.16. The van der Waals surface area contributed by atoms with Crippen molar-refractivity contribution < 1.29 is 19.8 Å². The normalized spacial score (nSPS) is 13.7. The van der Waals surface area contributed by atoms with Gasteiger partial charge in [0.15, 0.2) is 6.04 Å². The molecule has 1 aromatic heterocycles. The van der Waals surface area contributed by atoms with Crippen molar-refractivity contribution in [1.29, 1.82) is 0 Å². The van der Waals surface area contributed by atoms with E-state index in [1.54, 1.807) is 18.2 Å². The number of hydrogen-bond acceptors (Lipinski definition) is 4. The number of carbonyl (C=O) groups excluding carboxylic acids is 1. The van der Waals surface area contributed by atoms with Crippen molar-refractivity contribution in [2.24, 2.45) is 0 Å². The van der Waals surface area contributed by atoms with Crippen LogP contribution in [-0.2, 0) is 4.79 Å². The second-order valence-corrected chi connectivity index (χ2v) is 4.41. The molecule has 0 spiro atoms. The lowest BCUT2D eigenvalue weighted by molar-refractivity contribution is -0.141. The van der Waals surface area contributed by atoms with Gasteiger partial charge in [-0.15, -0.1) is 0 Å². The topological polar surface area (TPSA) is 99.5 Å². The van der Waals surface area contributed by atoms with Gasteiger partial charge in [0.2, 0.25) is 0 Å². The SMILES string of the molecule is CC(O)C(NC(=O)c1nccc2ccccc12)C(=O)O. The molecule has 20 heavy (non-hydrogen) atoms. The number of aliphatic hydroxyl groups excluding tert-OH is 1. The van der Waals surface area contributed by atoms with E-state index in [0.29, 0.717) is 5.39 Å². The summed E-state index contributed by atoms with van der Waals surface area (Å²) >= 11 is 0. The van der Waals surface area contributed by atoms with Crippen molar-refractivity contribution in [2.45, 2.75) is 19.1 Å². The van der Waals surface area contributed by atoms with Crippen LogP contribution in [-0.4, -0.2) is 39.2 Å². The second kappa shape index (κ2) is 5.66. The number of fused-ring (bicyclic) bond motifs is 1. The van der Waals surface area contributed by atoms with Gasteiger partial charge in [0, 0.05) is 11.6 Å². The Balaban J connectivity index is 2.34. The van der Waals surface area contributed by atoms with Crippen LogP contribution in [0.25, 0.3) is 10.8 Å². The summed E-state index contributed by atoms with van der Waals surface area (Å²) in [5, 5.41) is 22.1. The average Bonchev–Trinajstić information content (AvgIpc) is 2.43. The van der Waals surface area contributed by atoms with Crippen LogP contribution in [0.2, 0.25) is 0 Å². The zero-order valence-corrected chi connectivity index (χ0v) is 10.8. The van der Waals surface area contributed by atoms with Gasteiger partial charge in [-0.2, -0.15) is 0 Å². The number of nitrogens with one attached hydrogen (secondary N) is 1. The molecule has 0 aliphatic heterocycles. The molecule has 0 saturated heterocycles. The number of hydrogen-bond donors (Lipinski definition) is 3. The summed E-state index contributed by atoms with van der Waals surface area (Å²) in [6.07, 6.45) is 0.279. The maximum atomic E-state index is 12.1. The van der Waals surface area contributed by atoms with E-state index < -0.39 is 24.0 Å². The van der Waals surface area contributed by atoms with Crippen LogP contribution in [0.5, 0.6) is 0 Å². The fraction of sp³-hybridized carbons (Fsp3) is 0.214. The lowest BCUT2D eigenvalue weighted by Crippen LogP contribution is -2.47. The third-order valence-corrected chi connectivity index (χ3v) is 2.92. The molecule has 1 heterocycles. The van der Waals surface area contributed by atoms with Crippen LogP contribution < -0.4 is 5.32 Å². The molecule has 2 unspecified atom stereocenters. The van der Waals surface area contributed by atoms with E-state index in [2.05, 4.69) is 10.3 Å². The van der Waals surface area contributed by atoms with Crippen molar-refractivity contribution in [1.82, 2.24) is 10.3 Å². The van der Waals surface area contributed by atoms with E-state index >= 15 is 0 Å². The fourth-order valence-corrected chi connectivity index (χ4v) is 1.90. The Kier molecular flexibility index (Phi) is 3.95. The van der Waals surface area contributed by atoms with E-state index in [1.165, 1.54) is 13.1 Å². The molecule has 1 amide bonds. The van der Waals surface area contributed by atoms with Crippen LogP contribution in [0.3, 0.4) is 0 Å². The van der Waals surface area contributed by atoms with Crippen LogP contribution >= 0.6 is 0 Å². The minimum absolute atomic E-state index is 0.134. The number of amides is 1. The maximum Gasteiger partial charge on any atom is 0.328 e. The molecule has 0 aliphatic rings. The average molecular weight is 274 g/mol.